The van der Waals surface area contributed by atoms with Gasteiger partial charge in [-0.15, -0.1) is 0 Å². The molecule has 0 amide bonds. The Morgan fingerprint density at radius 2 is 1.92 bits per heavy atom. The Morgan fingerprint density at radius 1 is 1.38 bits per heavy atom. The predicted molar refractivity (Wildman–Crippen MR) is 47.1 cm³/mol. The molecule has 0 aliphatic rings. The molecule has 4 N–H and O–H groups in total. The highest BCUT2D eigenvalue weighted by Crippen LogP contribution is 2.14. The molecule has 13 heavy (non-hydrogen) atoms. The minimum absolute atomic E-state index is 0.0240. The second-order valence-electron chi connectivity index (χ2n) is 2.53. The van der Waals surface area contributed by atoms with E-state index >= 15 is 0 Å². The molecule has 0 saturated carbocycles. The third-order valence-corrected chi connectivity index (χ3v) is 1.78. The van der Waals surface area contributed by atoms with Crippen molar-refractivity contribution in [3.63, 3.8) is 0 Å². The van der Waals surface area contributed by atoms with E-state index in [2.05, 4.69) is 9.97 Å². The SMILES string of the molecule is NCC(O)C(O)c1cnc(Cl)nc1. The molecule has 0 radical (unpaired) electrons. The van der Waals surface area contributed by atoms with Crippen LogP contribution in [0.25, 0.3) is 0 Å². The molecule has 1 rings (SSSR count). The van der Waals surface area contributed by atoms with Gasteiger partial charge in [0.15, 0.2) is 0 Å². The van der Waals surface area contributed by atoms with Gasteiger partial charge in [-0.2, -0.15) is 0 Å². The Kier molecular flexibility index (Phi) is 3.56. The molecule has 1 heterocycles. The van der Waals surface area contributed by atoms with Gasteiger partial charge < -0.3 is 15.9 Å². The monoisotopic (exact) mass is 203 g/mol. The fourth-order valence-corrected chi connectivity index (χ4v) is 0.924. The van der Waals surface area contributed by atoms with Crippen molar-refractivity contribution in [1.29, 1.82) is 0 Å². The molecular formula is C7H10ClN3O2. The van der Waals surface area contributed by atoms with Crippen molar-refractivity contribution in [2.75, 3.05) is 6.54 Å². The number of hydrogen-bond donors (Lipinski definition) is 3. The van der Waals surface area contributed by atoms with Gasteiger partial charge in [0.05, 0.1) is 6.10 Å². The first-order valence-corrected chi connectivity index (χ1v) is 4.06. The summed E-state index contributed by atoms with van der Waals surface area (Å²) < 4.78 is 0. The molecule has 2 unspecified atom stereocenters. The summed E-state index contributed by atoms with van der Waals surface area (Å²) in [6.07, 6.45) is 0.615. The van der Waals surface area contributed by atoms with E-state index in [9.17, 15) is 10.2 Å². The second-order valence-corrected chi connectivity index (χ2v) is 2.87. The molecule has 1 aromatic rings. The van der Waals surface area contributed by atoms with Crippen molar-refractivity contribution < 1.29 is 10.2 Å². The highest BCUT2D eigenvalue weighted by molar-refractivity contribution is 6.28. The summed E-state index contributed by atoms with van der Waals surface area (Å²) in [5, 5.41) is 18.7. The van der Waals surface area contributed by atoms with Crippen LogP contribution in [0, 0.1) is 0 Å². The van der Waals surface area contributed by atoms with E-state index in [4.69, 9.17) is 17.3 Å². The van der Waals surface area contributed by atoms with Gasteiger partial charge in [-0.3, -0.25) is 0 Å². The standard InChI is InChI=1S/C7H10ClN3O2/c8-7-10-2-4(3-11-7)6(13)5(12)1-9/h2-3,5-6,12-13H,1,9H2. The molecule has 6 heteroatoms. The van der Waals surface area contributed by atoms with Crippen LogP contribution in [0.1, 0.15) is 11.7 Å². The fraction of sp³-hybridized carbons (Fsp3) is 0.429. The van der Waals surface area contributed by atoms with Crippen LogP contribution in [0.2, 0.25) is 5.28 Å². The largest absolute Gasteiger partial charge is 0.389 e. The van der Waals surface area contributed by atoms with E-state index < -0.39 is 12.2 Å². The summed E-state index contributed by atoms with van der Waals surface area (Å²) in [4.78, 5) is 7.32. The number of nitrogens with two attached hydrogens (primary N) is 1. The van der Waals surface area contributed by atoms with Gasteiger partial charge in [-0.05, 0) is 11.6 Å². The molecule has 0 aromatic carbocycles. The number of halogens is 1. The quantitative estimate of drug-likeness (QED) is 0.575. The van der Waals surface area contributed by atoms with E-state index in [1.54, 1.807) is 0 Å². The molecule has 1 aromatic heterocycles. The van der Waals surface area contributed by atoms with Crippen molar-refractivity contribution >= 4 is 11.6 Å². The minimum atomic E-state index is -1.07. The van der Waals surface area contributed by atoms with Gasteiger partial charge in [0.2, 0.25) is 5.28 Å². The number of aliphatic hydroxyl groups excluding tert-OH is 2. The molecule has 0 aliphatic carbocycles. The highest BCUT2D eigenvalue weighted by Gasteiger charge is 2.17. The molecule has 0 fully saturated rings. The summed E-state index contributed by atoms with van der Waals surface area (Å²) in [7, 11) is 0. The Hall–Kier alpha value is -0.750. The lowest BCUT2D eigenvalue weighted by Gasteiger charge is -2.15. The summed E-state index contributed by atoms with van der Waals surface area (Å²) >= 11 is 5.44. The Bertz CT molecular complexity index is 267. The zero-order chi connectivity index (χ0) is 9.84. The van der Waals surface area contributed by atoms with Crippen LogP contribution >= 0.6 is 11.6 Å². The Balaban J connectivity index is 2.77. The Labute approximate surface area is 80.2 Å². The highest BCUT2D eigenvalue weighted by atomic mass is 35.5. The average molecular weight is 204 g/mol. The minimum Gasteiger partial charge on any atom is -0.389 e. The maximum Gasteiger partial charge on any atom is 0.222 e. The predicted octanol–water partition coefficient (Wildman–Crippen LogP) is -0.517. The summed E-state index contributed by atoms with van der Waals surface area (Å²) in [5.74, 6) is 0. The molecule has 0 saturated heterocycles. The van der Waals surface area contributed by atoms with Crippen LogP contribution in [0.3, 0.4) is 0 Å². The molecule has 2 atom stereocenters. The van der Waals surface area contributed by atoms with E-state index in [0.29, 0.717) is 5.56 Å². The smallest absolute Gasteiger partial charge is 0.222 e. The lowest BCUT2D eigenvalue weighted by Crippen LogP contribution is -2.27. The summed E-state index contributed by atoms with van der Waals surface area (Å²) in [6.45, 7) is -0.0240. The third kappa shape index (κ3) is 2.60. The first kappa shape index (κ1) is 10.3. The van der Waals surface area contributed by atoms with Crippen molar-refractivity contribution in [2.24, 2.45) is 5.73 Å². The average Bonchev–Trinajstić information content (AvgIpc) is 2.17. The van der Waals surface area contributed by atoms with Crippen LogP contribution in [0.15, 0.2) is 12.4 Å². The van der Waals surface area contributed by atoms with Gasteiger partial charge in [0.25, 0.3) is 0 Å². The van der Waals surface area contributed by atoms with Gasteiger partial charge in [0, 0.05) is 24.5 Å². The summed E-state index contributed by atoms with van der Waals surface area (Å²) in [6, 6.07) is 0. The van der Waals surface area contributed by atoms with Gasteiger partial charge in [-0.1, -0.05) is 0 Å². The molecule has 5 nitrogen and oxygen atoms in total. The zero-order valence-corrected chi connectivity index (χ0v) is 7.52. The number of aliphatic hydroxyl groups is 2. The lowest BCUT2D eigenvalue weighted by atomic mass is 10.1. The Morgan fingerprint density at radius 3 is 2.38 bits per heavy atom. The van der Waals surface area contributed by atoms with E-state index in [-0.39, 0.29) is 11.8 Å². The molecule has 0 spiro atoms. The van der Waals surface area contributed by atoms with Gasteiger partial charge in [-0.25, -0.2) is 9.97 Å². The van der Waals surface area contributed by atoms with E-state index in [1.807, 2.05) is 0 Å². The lowest BCUT2D eigenvalue weighted by molar-refractivity contribution is 0.0239. The molecular weight excluding hydrogens is 194 g/mol. The molecule has 72 valence electrons. The first-order valence-electron chi connectivity index (χ1n) is 3.68. The number of aromatic nitrogens is 2. The fourth-order valence-electron chi connectivity index (χ4n) is 0.826. The molecule has 0 bridgehead atoms. The van der Waals surface area contributed by atoms with Crippen LogP contribution < -0.4 is 5.73 Å². The van der Waals surface area contributed by atoms with Crippen LogP contribution in [0.4, 0.5) is 0 Å². The van der Waals surface area contributed by atoms with Gasteiger partial charge >= 0.3 is 0 Å². The zero-order valence-electron chi connectivity index (χ0n) is 6.76. The van der Waals surface area contributed by atoms with Crippen molar-refractivity contribution in [2.45, 2.75) is 12.2 Å². The van der Waals surface area contributed by atoms with Crippen LogP contribution in [0.5, 0.6) is 0 Å². The van der Waals surface area contributed by atoms with Crippen LogP contribution in [-0.2, 0) is 0 Å². The maximum atomic E-state index is 9.43. The first-order chi connectivity index (χ1) is 6.15. The topological polar surface area (TPSA) is 92.3 Å². The normalized spacial score (nSPS) is 15.4. The maximum absolute atomic E-state index is 9.43. The molecule has 0 aliphatic heterocycles. The van der Waals surface area contributed by atoms with Gasteiger partial charge in [0.1, 0.15) is 6.10 Å². The van der Waals surface area contributed by atoms with Crippen molar-refractivity contribution in [3.8, 4) is 0 Å². The number of hydrogen-bond acceptors (Lipinski definition) is 5. The number of nitrogens with zero attached hydrogens (tertiary/aromatic N) is 2. The van der Waals surface area contributed by atoms with E-state index in [1.165, 1.54) is 12.4 Å². The van der Waals surface area contributed by atoms with Crippen molar-refractivity contribution in [3.05, 3.63) is 23.2 Å². The third-order valence-electron chi connectivity index (χ3n) is 1.59. The second kappa shape index (κ2) is 4.48. The van der Waals surface area contributed by atoms with Crippen molar-refractivity contribution in [1.82, 2.24) is 9.97 Å². The van der Waals surface area contributed by atoms with Crippen LogP contribution in [-0.4, -0.2) is 32.8 Å². The van der Waals surface area contributed by atoms with E-state index in [0.717, 1.165) is 0 Å². The number of rotatable bonds is 3. The summed E-state index contributed by atoms with van der Waals surface area (Å²) in [5.41, 5.74) is 5.55.